The average molecular weight is 311 g/mol. The molecule has 2 aromatic carbocycles. The monoisotopic (exact) mass is 311 g/mol. The molecule has 2 aromatic rings. The van der Waals surface area contributed by atoms with E-state index in [9.17, 15) is 9.59 Å². The maximum Gasteiger partial charge on any atom is 0.407 e. The van der Waals surface area contributed by atoms with E-state index in [1.54, 1.807) is 13.0 Å². The van der Waals surface area contributed by atoms with E-state index in [1.165, 1.54) is 0 Å². The van der Waals surface area contributed by atoms with Crippen LogP contribution in [0.15, 0.2) is 54.6 Å². The van der Waals surface area contributed by atoms with Gasteiger partial charge in [-0.3, -0.25) is 4.79 Å². The second-order valence-corrected chi connectivity index (χ2v) is 5.57. The van der Waals surface area contributed by atoms with Crippen molar-refractivity contribution in [1.29, 1.82) is 0 Å². The van der Waals surface area contributed by atoms with Crippen molar-refractivity contribution in [1.82, 2.24) is 5.32 Å². The summed E-state index contributed by atoms with van der Waals surface area (Å²) in [4.78, 5) is 23.2. The summed E-state index contributed by atoms with van der Waals surface area (Å²) in [6, 6.07) is 16.9. The number of hydrogen-bond acceptors (Lipinski definition) is 3. The molecule has 4 heteroatoms. The van der Waals surface area contributed by atoms with Crippen LogP contribution < -0.4 is 5.32 Å². The molecule has 0 aliphatic heterocycles. The standard InChI is InChI=1S/C19H21NO3/c1-14(11-17-9-6-10-18(12-17)15(2)21)20-19(22)23-13-16-7-4-3-5-8-16/h3-10,12,14H,11,13H2,1-2H3,(H,20,22). The van der Waals surface area contributed by atoms with Gasteiger partial charge in [-0.25, -0.2) is 4.79 Å². The molecule has 0 aliphatic carbocycles. The molecule has 0 saturated carbocycles. The zero-order valence-electron chi connectivity index (χ0n) is 13.4. The van der Waals surface area contributed by atoms with Gasteiger partial charge in [0, 0.05) is 11.6 Å². The fourth-order valence-corrected chi connectivity index (χ4v) is 2.29. The number of hydrogen-bond donors (Lipinski definition) is 1. The van der Waals surface area contributed by atoms with Crippen LogP contribution in [0, 0.1) is 0 Å². The maximum atomic E-state index is 11.8. The third-order valence-electron chi connectivity index (χ3n) is 3.45. The first kappa shape index (κ1) is 16.7. The third-order valence-corrected chi connectivity index (χ3v) is 3.45. The predicted molar refractivity (Wildman–Crippen MR) is 89.4 cm³/mol. The Hall–Kier alpha value is -2.62. The maximum absolute atomic E-state index is 11.8. The molecule has 4 nitrogen and oxygen atoms in total. The number of nitrogens with one attached hydrogen (secondary N) is 1. The van der Waals surface area contributed by atoms with Gasteiger partial charge in [-0.05, 0) is 37.5 Å². The van der Waals surface area contributed by atoms with E-state index in [4.69, 9.17) is 4.74 Å². The largest absolute Gasteiger partial charge is 0.445 e. The fourth-order valence-electron chi connectivity index (χ4n) is 2.29. The highest BCUT2D eigenvalue weighted by Gasteiger charge is 2.10. The van der Waals surface area contributed by atoms with Gasteiger partial charge in [-0.15, -0.1) is 0 Å². The first-order valence-electron chi connectivity index (χ1n) is 7.61. The first-order valence-corrected chi connectivity index (χ1v) is 7.61. The molecule has 0 saturated heterocycles. The highest BCUT2D eigenvalue weighted by atomic mass is 16.5. The van der Waals surface area contributed by atoms with Crippen molar-refractivity contribution < 1.29 is 14.3 Å². The summed E-state index contributed by atoms with van der Waals surface area (Å²) in [5.41, 5.74) is 2.64. The quantitative estimate of drug-likeness (QED) is 0.827. The first-order chi connectivity index (χ1) is 11.0. The molecule has 2 rings (SSSR count). The molecule has 23 heavy (non-hydrogen) atoms. The molecule has 0 aliphatic rings. The lowest BCUT2D eigenvalue weighted by atomic mass is 10.0. The van der Waals surface area contributed by atoms with E-state index in [0.717, 1.165) is 11.1 Å². The van der Waals surface area contributed by atoms with Crippen LogP contribution in [0.5, 0.6) is 0 Å². The van der Waals surface area contributed by atoms with Gasteiger partial charge in [0.05, 0.1) is 0 Å². The van der Waals surface area contributed by atoms with Crippen molar-refractivity contribution in [3.8, 4) is 0 Å². The van der Waals surface area contributed by atoms with Gasteiger partial charge in [0.25, 0.3) is 0 Å². The number of Topliss-reactive ketones (excluding diaryl/α,β-unsaturated/α-hetero) is 1. The molecule has 0 radical (unpaired) electrons. The fraction of sp³-hybridized carbons (Fsp3) is 0.263. The molecule has 1 N–H and O–H groups in total. The van der Waals surface area contributed by atoms with Gasteiger partial charge >= 0.3 is 6.09 Å². The zero-order chi connectivity index (χ0) is 16.7. The van der Waals surface area contributed by atoms with Gasteiger partial charge in [-0.2, -0.15) is 0 Å². The Bertz CT molecular complexity index is 667. The number of ketones is 1. The molecule has 0 aromatic heterocycles. The third kappa shape index (κ3) is 5.58. The van der Waals surface area contributed by atoms with Gasteiger partial charge in [0.2, 0.25) is 0 Å². The van der Waals surface area contributed by atoms with Crippen molar-refractivity contribution in [2.45, 2.75) is 32.9 Å². The van der Waals surface area contributed by atoms with Crippen LogP contribution in [0.25, 0.3) is 0 Å². The van der Waals surface area contributed by atoms with Crippen LogP contribution in [-0.2, 0) is 17.8 Å². The second kappa shape index (κ2) is 8.13. The molecule has 0 fully saturated rings. The molecule has 0 heterocycles. The van der Waals surface area contributed by atoms with Gasteiger partial charge in [0.15, 0.2) is 5.78 Å². The van der Waals surface area contributed by atoms with Crippen LogP contribution in [0.1, 0.15) is 35.3 Å². The Kier molecular flexibility index (Phi) is 5.92. The molecule has 1 unspecified atom stereocenters. The van der Waals surface area contributed by atoms with Crippen LogP contribution >= 0.6 is 0 Å². The van der Waals surface area contributed by atoms with Gasteiger partial charge in [-0.1, -0.05) is 48.5 Å². The predicted octanol–water partition coefficient (Wildman–Crippen LogP) is 3.75. The van der Waals surface area contributed by atoms with Crippen LogP contribution in [0.2, 0.25) is 0 Å². The second-order valence-electron chi connectivity index (χ2n) is 5.57. The van der Waals surface area contributed by atoms with E-state index >= 15 is 0 Å². The zero-order valence-corrected chi connectivity index (χ0v) is 13.4. The highest BCUT2D eigenvalue weighted by Crippen LogP contribution is 2.09. The minimum atomic E-state index is -0.441. The molecular formula is C19H21NO3. The molecule has 1 atom stereocenters. The van der Waals surface area contributed by atoms with Gasteiger partial charge < -0.3 is 10.1 Å². The van der Waals surface area contributed by atoms with Gasteiger partial charge in [0.1, 0.15) is 6.61 Å². The lowest BCUT2D eigenvalue weighted by molar-refractivity contribution is 0.101. The van der Waals surface area contributed by atoms with E-state index in [-0.39, 0.29) is 18.4 Å². The number of carbonyl (C=O) groups is 2. The topological polar surface area (TPSA) is 55.4 Å². The summed E-state index contributed by atoms with van der Waals surface area (Å²) in [7, 11) is 0. The van der Waals surface area contributed by atoms with Crippen LogP contribution in [0.4, 0.5) is 4.79 Å². The lowest BCUT2D eigenvalue weighted by Gasteiger charge is -2.14. The summed E-state index contributed by atoms with van der Waals surface area (Å²) >= 11 is 0. The Morgan fingerprint density at radius 1 is 1.04 bits per heavy atom. The smallest absolute Gasteiger partial charge is 0.407 e. The summed E-state index contributed by atoms with van der Waals surface area (Å²) in [5.74, 6) is 0.0368. The summed E-state index contributed by atoms with van der Waals surface area (Å²) in [5, 5.41) is 2.80. The number of benzene rings is 2. The summed E-state index contributed by atoms with van der Waals surface area (Å²) < 4.78 is 5.19. The normalized spacial score (nSPS) is 11.6. The molecule has 0 bridgehead atoms. The van der Waals surface area contributed by atoms with E-state index in [1.807, 2.05) is 55.5 Å². The Morgan fingerprint density at radius 2 is 1.74 bits per heavy atom. The SMILES string of the molecule is CC(=O)c1cccc(CC(C)NC(=O)OCc2ccccc2)c1. The minimum Gasteiger partial charge on any atom is -0.445 e. The van der Waals surface area contributed by atoms with Crippen LogP contribution in [-0.4, -0.2) is 17.9 Å². The molecule has 1 amide bonds. The number of ether oxygens (including phenoxy) is 1. The number of rotatable bonds is 6. The van der Waals surface area contributed by atoms with Crippen molar-refractivity contribution in [3.05, 3.63) is 71.3 Å². The average Bonchev–Trinajstić information content (AvgIpc) is 2.54. The van der Waals surface area contributed by atoms with Crippen molar-refractivity contribution in [2.75, 3.05) is 0 Å². The molecular weight excluding hydrogens is 290 g/mol. The number of amides is 1. The summed E-state index contributed by atoms with van der Waals surface area (Å²) in [6.07, 6.45) is 0.200. The summed E-state index contributed by atoms with van der Waals surface area (Å²) in [6.45, 7) is 3.70. The van der Waals surface area contributed by atoms with Crippen molar-refractivity contribution in [2.24, 2.45) is 0 Å². The Balaban J connectivity index is 1.82. The number of carbonyl (C=O) groups excluding carboxylic acids is 2. The Labute approximate surface area is 136 Å². The molecule has 0 spiro atoms. The highest BCUT2D eigenvalue weighted by molar-refractivity contribution is 5.94. The number of alkyl carbamates (subject to hydrolysis) is 1. The van der Waals surface area contributed by atoms with E-state index in [2.05, 4.69) is 5.32 Å². The lowest BCUT2D eigenvalue weighted by Crippen LogP contribution is -2.34. The van der Waals surface area contributed by atoms with E-state index in [0.29, 0.717) is 12.0 Å². The van der Waals surface area contributed by atoms with Crippen LogP contribution in [0.3, 0.4) is 0 Å². The van der Waals surface area contributed by atoms with E-state index < -0.39 is 6.09 Å². The van der Waals surface area contributed by atoms with Crippen molar-refractivity contribution in [3.63, 3.8) is 0 Å². The molecule has 120 valence electrons. The minimum absolute atomic E-state index is 0.0368. The van der Waals surface area contributed by atoms with Crippen molar-refractivity contribution >= 4 is 11.9 Å². The Morgan fingerprint density at radius 3 is 2.43 bits per heavy atom.